The zero-order valence-corrected chi connectivity index (χ0v) is 11.2. The van der Waals surface area contributed by atoms with Crippen LogP contribution < -0.4 is 4.72 Å². The van der Waals surface area contributed by atoms with E-state index < -0.39 is 15.8 Å². The van der Waals surface area contributed by atoms with Crippen LogP contribution in [0.25, 0.3) is 0 Å². The van der Waals surface area contributed by atoms with Gasteiger partial charge in [0.2, 0.25) is 0 Å². The van der Waals surface area contributed by atoms with Crippen molar-refractivity contribution in [3.63, 3.8) is 0 Å². The number of anilines is 1. The summed E-state index contributed by atoms with van der Waals surface area (Å²) in [4.78, 5) is 3.28. The van der Waals surface area contributed by atoms with Gasteiger partial charge >= 0.3 is 0 Å². The molecule has 1 N–H and O–H groups in total. The first-order chi connectivity index (χ1) is 9.01. The topological polar surface area (TPSA) is 59.1 Å². The molecule has 0 amide bonds. The van der Waals surface area contributed by atoms with E-state index in [1.807, 2.05) is 0 Å². The van der Waals surface area contributed by atoms with Gasteiger partial charge in [0.25, 0.3) is 10.0 Å². The Labute approximate surface area is 115 Å². The summed E-state index contributed by atoms with van der Waals surface area (Å²) in [6, 6.07) is 7.55. The van der Waals surface area contributed by atoms with Crippen molar-refractivity contribution in [1.29, 1.82) is 0 Å². The summed E-state index contributed by atoms with van der Waals surface area (Å²) in [7, 11) is -3.86. The molecule has 2 rings (SSSR count). The molecule has 0 aliphatic heterocycles. The summed E-state index contributed by atoms with van der Waals surface area (Å²) in [5, 5.41) is 0. The lowest BCUT2D eigenvalue weighted by molar-refractivity contribution is 0.592. The van der Waals surface area contributed by atoms with Crippen molar-refractivity contribution in [3.8, 4) is 0 Å². The first-order valence-electron chi connectivity index (χ1n) is 5.29. The van der Waals surface area contributed by atoms with Gasteiger partial charge in [0.15, 0.2) is 0 Å². The van der Waals surface area contributed by atoms with Gasteiger partial charge in [0.1, 0.15) is 10.7 Å². The second-order valence-electron chi connectivity index (χ2n) is 3.78. The minimum atomic E-state index is -3.86. The van der Waals surface area contributed by atoms with Gasteiger partial charge in [-0.05, 0) is 23.8 Å². The van der Waals surface area contributed by atoms with Gasteiger partial charge in [-0.1, -0.05) is 12.1 Å². The number of nitrogens with one attached hydrogen (secondary N) is 1. The van der Waals surface area contributed by atoms with Gasteiger partial charge in [-0.15, -0.1) is 11.6 Å². The molecule has 100 valence electrons. The molecule has 0 aliphatic carbocycles. The first-order valence-corrected chi connectivity index (χ1v) is 7.31. The van der Waals surface area contributed by atoms with Crippen LogP contribution >= 0.6 is 11.6 Å². The maximum absolute atomic E-state index is 13.0. The Balaban J connectivity index is 2.31. The fourth-order valence-corrected chi connectivity index (χ4v) is 2.66. The molecule has 1 aromatic heterocycles. The van der Waals surface area contributed by atoms with Crippen molar-refractivity contribution in [2.45, 2.75) is 10.8 Å². The summed E-state index contributed by atoms with van der Waals surface area (Å²) in [6.07, 6.45) is 2.02. The van der Waals surface area contributed by atoms with Crippen molar-refractivity contribution in [1.82, 2.24) is 4.98 Å². The number of pyridine rings is 1. The van der Waals surface area contributed by atoms with E-state index in [4.69, 9.17) is 11.6 Å². The molecule has 1 aromatic carbocycles. The van der Waals surface area contributed by atoms with E-state index in [0.29, 0.717) is 5.69 Å². The molecule has 0 aliphatic rings. The number of rotatable bonds is 4. The Bertz CT molecular complexity index is 692. The lowest BCUT2D eigenvalue weighted by atomic mass is 10.2. The van der Waals surface area contributed by atoms with Crippen LogP contribution in [0.4, 0.5) is 10.1 Å². The summed E-state index contributed by atoms with van der Waals surface area (Å²) in [5.74, 6) is -0.436. The van der Waals surface area contributed by atoms with Crippen LogP contribution in [-0.2, 0) is 15.9 Å². The van der Waals surface area contributed by atoms with Crippen molar-refractivity contribution in [2.24, 2.45) is 0 Å². The standard InChI is InChI=1S/C12H10ClFN2O2S/c13-6-9-2-1-3-11(4-9)16-19(17,18)12-5-10(14)7-15-8-12/h1-5,7-8,16H,6H2. The smallest absolute Gasteiger partial charge is 0.263 e. The fraction of sp³-hybridized carbons (Fsp3) is 0.0833. The number of nitrogens with zero attached hydrogens (tertiary/aromatic N) is 1. The van der Waals surface area contributed by atoms with Crippen LogP contribution in [0.15, 0.2) is 47.6 Å². The monoisotopic (exact) mass is 300 g/mol. The summed E-state index contributed by atoms with van der Waals surface area (Å²) >= 11 is 5.67. The molecule has 0 saturated carbocycles. The van der Waals surface area contributed by atoms with Crippen LogP contribution in [-0.4, -0.2) is 13.4 Å². The SMILES string of the molecule is O=S(=O)(Nc1cccc(CCl)c1)c1cncc(F)c1. The third-order valence-corrected chi connectivity index (χ3v) is 3.98. The van der Waals surface area contributed by atoms with E-state index in [0.717, 1.165) is 24.0 Å². The van der Waals surface area contributed by atoms with Gasteiger partial charge in [0.05, 0.1) is 6.20 Å². The number of hydrogen-bond donors (Lipinski definition) is 1. The maximum atomic E-state index is 13.0. The van der Waals surface area contributed by atoms with Gasteiger partial charge in [-0.25, -0.2) is 12.8 Å². The predicted octanol–water partition coefficient (Wildman–Crippen LogP) is 2.76. The number of sulfonamides is 1. The molecular weight excluding hydrogens is 291 g/mol. The van der Waals surface area contributed by atoms with Crippen molar-refractivity contribution in [2.75, 3.05) is 4.72 Å². The average Bonchev–Trinajstić information content (AvgIpc) is 2.38. The minimum Gasteiger partial charge on any atom is -0.280 e. The van der Waals surface area contributed by atoms with Gasteiger partial charge in [0, 0.05) is 17.8 Å². The molecule has 0 radical (unpaired) electrons. The lowest BCUT2D eigenvalue weighted by Crippen LogP contribution is -2.13. The lowest BCUT2D eigenvalue weighted by Gasteiger charge is -2.08. The molecule has 7 heteroatoms. The van der Waals surface area contributed by atoms with E-state index in [9.17, 15) is 12.8 Å². The molecule has 0 fully saturated rings. The number of halogens is 2. The van der Waals surface area contributed by atoms with E-state index >= 15 is 0 Å². The highest BCUT2D eigenvalue weighted by atomic mass is 35.5. The molecule has 0 unspecified atom stereocenters. The Morgan fingerprint density at radius 2 is 2.05 bits per heavy atom. The van der Waals surface area contributed by atoms with E-state index in [1.54, 1.807) is 24.3 Å². The molecule has 0 spiro atoms. The molecular formula is C12H10ClFN2O2S. The van der Waals surface area contributed by atoms with Crippen LogP contribution in [0.2, 0.25) is 0 Å². The van der Waals surface area contributed by atoms with Crippen molar-refractivity contribution in [3.05, 3.63) is 54.1 Å². The normalized spacial score (nSPS) is 11.3. The third-order valence-electron chi connectivity index (χ3n) is 2.32. The number of aromatic nitrogens is 1. The Morgan fingerprint density at radius 3 is 2.74 bits per heavy atom. The molecule has 4 nitrogen and oxygen atoms in total. The van der Waals surface area contributed by atoms with Gasteiger partial charge < -0.3 is 0 Å². The van der Waals surface area contributed by atoms with Crippen LogP contribution in [0.1, 0.15) is 5.56 Å². The second-order valence-corrected chi connectivity index (χ2v) is 5.73. The molecule has 2 aromatic rings. The molecule has 0 saturated heterocycles. The number of alkyl halides is 1. The Morgan fingerprint density at radius 1 is 1.26 bits per heavy atom. The van der Waals surface area contributed by atoms with Crippen LogP contribution in [0, 0.1) is 5.82 Å². The predicted molar refractivity (Wildman–Crippen MR) is 71.0 cm³/mol. The van der Waals surface area contributed by atoms with Crippen molar-refractivity contribution < 1.29 is 12.8 Å². The van der Waals surface area contributed by atoms with Crippen LogP contribution in [0.3, 0.4) is 0 Å². The number of benzene rings is 1. The Kier molecular flexibility index (Phi) is 4.01. The molecule has 1 heterocycles. The summed E-state index contributed by atoms with van der Waals surface area (Å²) in [6.45, 7) is 0. The molecule has 0 atom stereocenters. The zero-order valence-electron chi connectivity index (χ0n) is 9.68. The first kappa shape index (κ1) is 13.8. The highest BCUT2D eigenvalue weighted by Gasteiger charge is 2.15. The molecule has 0 bridgehead atoms. The minimum absolute atomic E-state index is 0.233. The second kappa shape index (κ2) is 5.54. The van der Waals surface area contributed by atoms with Crippen molar-refractivity contribution >= 4 is 27.3 Å². The Hall–Kier alpha value is -1.66. The van der Waals surface area contributed by atoms with E-state index in [2.05, 4.69) is 9.71 Å². The van der Waals surface area contributed by atoms with Gasteiger partial charge in [-0.2, -0.15) is 0 Å². The largest absolute Gasteiger partial charge is 0.280 e. The third kappa shape index (κ3) is 3.42. The van der Waals surface area contributed by atoms with E-state index in [1.165, 1.54) is 0 Å². The zero-order chi connectivity index (χ0) is 13.9. The summed E-state index contributed by atoms with van der Waals surface area (Å²) < 4.78 is 39.3. The highest BCUT2D eigenvalue weighted by molar-refractivity contribution is 7.92. The quantitative estimate of drug-likeness (QED) is 0.883. The number of hydrogen-bond acceptors (Lipinski definition) is 3. The highest BCUT2D eigenvalue weighted by Crippen LogP contribution is 2.17. The molecule has 19 heavy (non-hydrogen) atoms. The maximum Gasteiger partial charge on any atom is 0.263 e. The fourth-order valence-electron chi connectivity index (χ4n) is 1.47. The summed E-state index contributed by atoms with van der Waals surface area (Å²) in [5.41, 5.74) is 1.14. The van der Waals surface area contributed by atoms with Crippen LogP contribution in [0.5, 0.6) is 0 Å². The van der Waals surface area contributed by atoms with E-state index in [-0.39, 0.29) is 10.8 Å². The average molecular weight is 301 g/mol. The van der Waals surface area contributed by atoms with Gasteiger partial charge in [-0.3, -0.25) is 9.71 Å².